The van der Waals surface area contributed by atoms with Crippen LogP contribution in [0.1, 0.15) is 30.4 Å². The van der Waals surface area contributed by atoms with E-state index in [4.69, 9.17) is 4.74 Å². The van der Waals surface area contributed by atoms with Gasteiger partial charge in [-0.25, -0.2) is 4.99 Å². The molecule has 2 aromatic rings. The van der Waals surface area contributed by atoms with Crippen LogP contribution in [0.5, 0.6) is 5.75 Å². The van der Waals surface area contributed by atoms with Gasteiger partial charge in [0.15, 0.2) is 6.61 Å². The summed E-state index contributed by atoms with van der Waals surface area (Å²) in [4.78, 5) is 39.8. The Bertz CT molecular complexity index is 1150. The van der Waals surface area contributed by atoms with E-state index >= 15 is 0 Å². The summed E-state index contributed by atoms with van der Waals surface area (Å²) >= 11 is 0. The van der Waals surface area contributed by atoms with Gasteiger partial charge in [-0.2, -0.15) is 0 Å². The number of hydrogen-bond donors (Lipinski definition) is 1. The number of pyridine rings is 2. The molecule has 182 valence electrons. The highest BCUT2D eigenvalue weighted by molar-refractivity contribution is 6.43. The summed E-state index contributed by atoms with van der Waals surface area (Å²) in [5, 5.41) is 2.99. The maximum absolute atomic E-state index is 13.0. The van der Waals surface area contributed by atoms with Gasteiger partial charge in [-0.15, -0.1) is 0 Å². The molecule has 1 atom stereocenters. The predicted octanol–water partition coefficient (Wildman–Crippen LogP) is 3.51. The zero-order chi connectivity index (χ0) is 24.8. The molecule has 0 bridgehead atoms. The van der Waals surface area contributed by atoms with Crippen LogP contribution in [0.15, 0.2) is 61.1 Å². The molecular weight excluding hydrogens is 442 g/mol. The first-order chi connectivity index (χ1) is 17.0. The third kappa shape index (κ3) is 5.65. The van der Waals surface area contributed by atoms with Gasteiger partial charge in [-0.3, -0.25) is 19.6 Å². The average molecular weight is 474 g/mol. The maximum atomic E-state index is 13.0. The number of piperidine rings is 1. The molecule has 2 fully saturated rings. The van der Waals surface area contributed by atoms with Crippen LogP contribution in [0, 0.1) is 18.3 Å². The first kappa shape index (κ1) is 24.3. The lowest BCUT2D eigenvalue weighted by Crippen LogP contribution is -2.43. The lowest BCUT2D eigenvalue weighted by atomic mass is 9.90. The first-order valence-electron chi connectivity index (χ1n) is 11.8. The van der Waals surface area contributed by atoms with Crippen LogP contribution in [0.3, 0.4) is 0 Å². The van der Waals surface area contributed by atoms with E-state index in [9.17, 15) is 9.59 Å². The number of aryl methyl sites for hydroxylation is 1. The van der Waals surface area contributed by atoms with Crippen LogP contribution >= 0.6 is 0 Å². The number of ether oxygens (including phenoxy) is 1. The summed E-state index contributed by atoms with van der Waals surface area (Å²) in [6, 6.07) is 3.58. The lowest BCUT2D eigenvalue weighted by molar-refractivity contribution is -0.125. The van der Waals surface area contributed by atoms with Gasteiger partial charge in [0.25, 0.3) is 11.8 Å². The molecule has 1 saturated carbocycles. The van der Waals surface area contributed by atoms with Gasteiger partial charge in [-0.05, 0) is 61.3 Å². The number of carbonyl (C=O) groups is 2. The van der Waals surface area contributed by atoms with Crippen molar-refractivity contribution in [1.82, 2.24) is 20.2 Å². The highest BCUT2D eigenvalue weighted by Crippen LogP contribution is 2.59. The molecular formula is C27H31N5O3. The van der Waals surface area contributed by atoms with Crippen LogP contribution in [0.4, 0.5) is 5.69 Å². The summed E-state index contributed by atoms with van der Waals surface area (Å²) in [5.41, 5.74) is 2.99. The fourth-order valence-corrected chi connectivity index (χ4v) is 4.66. The minimum Gasteiger partial charge on any atom is -0.482 e. The molecule has 2 aromatic heterocycles. The second kappa shape index (κ2) is 10.6. The molecule has 1 unspecified atom stereocenters. The summed E-state index contributed by atoms with van der Waals surface area (Å²) in [7, 11) is 0. The molecule has 8 nitrogen and oxygen atoms in total. The van der Waals surface area contributed by atoms with Crippen LogP contribution in [-0.4, -0.2) is 58.6 Å². The van der Waals surface area contributed by atoms with E-state index in [1.165, 1.54) is 6.08 Å². The Labute approximate surface area is 205 Å². The standard InChI is InChI=1S/C27H31N5O3/c1-4-20-6-10-29-17-24(20)35-18-25(33)30-16-21-14-27(21)8-12-32(13-9-27)26(34)22(5-2)31-23-7-11-28-15-19(23)3/h4-7,10-11,15,17,21H,1-2,8-9,12-14,16,18H2,3H3,(H,30,33). The molecule has 0 aromatic carbocycles. The summed E-state index contributed by atoms with van der Waals surface area (Å²) in [5.74, 6) is 0.719. The molecule has 0 radical (unpaired) electrons. The van der Waals surface area contributed by atoms with Crippen molar-refractivity contribution in [3.05, 3.63) is 67.3 Å². The zero-order valence-electron chi connectivity index (χ0n) is 20.1. The normalized spacial score (nSPS) is 18.6. The molecule has 1 spiro atoms. The highest BCUT2D eigenvalue weighted by atomic mass is 16.5. The fourth-order valence-electron chi connectivity index (χ4n) is 4.66. The van der Waals surface area contributed by atoms with Crippen LogP contribution < -0.4 is 10.1 Å². The first-order valence-corrected chi connectivity index (χ1v) is 11.8. The number of rotatable bonds is 9. The third-order valence-corrected chi connectivity index (χ3v) is 6.99. The van der Waals surface area contributed by atoms with Crippen LogP contribution in [-0.2, 0) is 9.59 Å². The van der Waals surface area contributed by atoms with Crippen molar-refractivity contribution in [1.29, 1.82) is 0 Å². The van der Waals surface area contributed by atoms with E-state index < -0.39 is 0 Å². The molecule has 1 N–H and O–H groups in total. The van der Waals surface area contributed by atoms with Gasteiger partial charge < -0.3 is 15.0 Å². The van der Waals surface area contributed by atoms with Crippen molar-refractivity contribution in [2.45, 2.75) is 26.2 Å². The third-order valence-electron chi connectivity index (χ3n) is 6.99. The van der Waals surface area contributed by atoms with E-state index in [0.717, 1.165) is 36.1 Å². The zero-order valence-corrected chi connectivity index (χ0v) is 20.1. The number of aromatic nitrogens is 2. The quantitative estimate of drug-likeness (QED) is 0.562. The molecule has 1 aliphatic carbocycles. The Morgan fingerprint density at radius 2 is 1.97 bits per heavy atom. The smallest absolute Gasteiger partial charge is 0.272 e. The van der Waals surface area contributed by atoms with E-state index in [0.29, 0.717) is 37.0 Å². The van der Waals surface area contributed by atoms with E-state index in [1.54, 1.807) is 43.0 Å². The molecule has 1 saturated heterocycles. The van der Waals surface area contributed by atoms with E-state index in [2.05, 4.69) is 33.4 Å². The highest BCUT2D eigenvalue weighted by Gasteiger charge is 2.54. The van der Waals surface area contributed by atoms with Crippen molar-refractivity contribution < 1.29 is 14.3 Å². The minimum atomic E-state index is -0.156. The van der Waals surface area contributed by atoms with Gasteiger partial charge in [0, 0.05) is 43.8 Å². The SMILES string of the molecule is C=CC(=Nc1ccncc1C)C(=O)N1CCC2(CC1)CC2CNC(=O)COc1cnccc1C=C. The molecule has 35 heavy (non-hydrogen) atoms. The van der Waals surface area contributed by atoms with Gasteiger partial charge in [-0.1, -0.05) is 19.2 Å². The Balaban J connectivity index is 1.23. The minimum absolute atomic E-state index is 0.0604. The molecule has 4 rings (SSSR count). The number of likely N-dealkylation sites (tertiary alicyclic amines) is 1. The molecule has 2 aliphatic rings. The summed E-state index contributed by atoms with van der Waals surface area (Å²) < 4.78 is 5.59. The number of amides is 2. The van der Waals surface area contributed by atoms with Crippen molar-refractivity contribution in [2.24, 2.45) is 16.3 Å². The number of hydrogen-bond acceptors (Lipinski definition) is 6. The van der Waals surface area contributed by atoms with E-state index in [1.807, 2.05) is 11.8 Å². The van der Waals surface area contributed by atoms with Gasteiger partial charge >= 0.3 is 0 Å². The van der Waals surface area contributed by atoms with Gasteiger partial charge in [0.1, 0.15) is 11.5 Å². The fraction of sp³-hybridized carbons (Fsp3) is 0.370. The Kier molecular flexibility index (Phi) is 7.39. The summed E-state index contributed by atoms with van der Waals surface area (Å²) in [6.07, 6.45) is 12.7. The molecule has 3 heterocycles. The molecule has 2 amide bonds. The number of aliphatic imine (C=N–C) groups is 1. The second-order valence-electron chi connectivity index (χ2n) is 9.13. The largest absolute Gasteiger partial charge is 0.482 e. The number of nitrogens with zero attached hydrogens (tertiary/aromatic N) is 4. The van der Waals surface area contributed by atoms with Crippen LogP contribution in [0.25, 0.3) is 6.08 Å². The van der Waals surface area contributed by atoms with Crippen molar-refractivity contribution >= 4 is 29.3 Å². The number of carbonyl (C=O) groups excluding carboxylic acids is 2. The topological polar surface area (TPSA) is 96.8 Å². The second-order valence-corrected chi connectivity index (χ2v) is 9.13. The van der Waals surface area contributed by atoms with Crippen molar-refractivity contribution in [3.8, 4) is 5.75 Å². The van der Waals surface area contributed by atoms with Crippen molar-refractivity contribution in [2.75, 3.05) is 26.2 Å². The maximum Gasteiger partial charge on any atom is 0.272 e. The Hall–Kier alpha value is -3.81. The molecule has 1 aliphatic heterocycles. The number of nitrogens with one attached hydrogen (secondary N) is 1. The Morgan fingerprint density at radius 3 is 2.69 bits per heavy atom. The lowest BCUT2D eigenvalue weighted by Gasteiger charge is -2.33. The van der Waals surface area contributed by atoms with Gasteiger partial charge in [0.05, 0.1) is 11.9 Å². The van der Waals surface area contributed by atoms with E-state index in [-0.39, 0.29) is 23.8 Å². The van der Waals surface area contributed by atoms with Crippen LogP contribution in [0.2, 0.25) is 0 Å². The summed E-state index contributed by atoms with van der Waals surface area (Å²) in [6.45, 7) is 11.4. The van der Waals surface area contributed by atoms with Crippen molar-refractivity contribution in [3.63, 3.8) is 0 Å². The van der Waals surface area contributed by atoms with Gasteiger partial charge in [0.2, 0.25) is 0 Å². The monoisotopic (exact) mass is 473 g/mol. The Morgan fingerprint density at radius 1 is 1.23 bits per heavy atom. The average Bonchev–Trinajstić information content (AvgIpc) is 3.57. The molecule has 8 heteroatoms. The predicted molar refractivity (Wildman–Crippen MR) is 135 cm³/mol.